The van der Waals surface area contributed by atoms with E-state index in [-0.39, 0.29) is 0 Å². The van der Waals surface area contributed by atoms with Crippen molar-refractivity contribution >= 4 is 28.3 Å². The fraction of sp³-hybridized carbons (Fsp3) is 0.167. The minimum atomic E-state index is 0.669. The van der Waals surface area contributed by atoms with Gasteiger partial charge < -0.3 is 0 Å². The number of rotatable bonds is 3. The van der Waals surface area contributed by atoms with E-state index < -0.39 is 0 Å². The van der Waals surface area contributed by atoms with Crippen molar-refractivity contribution in [1.82, 2.24) is 19.6 Å². The summed E-state index contributed by atoms with van der Waals surface area (Å²) in [5.74, 6) is 1.53. The Morgan fingerprint density at radius 1 is 1.00 bits per heavy atom. The normalized spacial score (nSPS) is 11.4. The average molecular weight is 320 g/mol. The number of hydrogen-bond donors (Lipinski definition) is 0. The Hall–Kier alpha value is -2.40. The summed E-state index contributed by atoms with van der Waals surface area (Å²) in [5, 5.41) is 12.0. The standard InChI is InChI=1S/C18H16N4S/c1-12-10-13(2)22-17(19-12)20-21-18(22)23-11-15-8-5-7-14-6-3-4-9-16(14)15/h3-10H,11H2,1-2H3. The molecule has 4 aromatic rings. The van der Waals surface area contributed by atoms with Crippen LogP contribution in [0.3, 0.4) is 0 Å². The molecule has 0 aliphatic rings. The number of aromatic nitrogens is 4. The summed E-state index contributed by atoms with van der Waals surface area (Å²) in [6, 6.07) is 17.0. The van der Waals surface area contributed by atoms with E-state index in [1.807, 2.05) is 11.3 Å². The quantitative estimate of drug-likeness (QED) is 0.531. The zero-order valence-electron chi connectivity index (χ0n) is 13.0. The lowest BCUT2D eigenvalue weighted by Crippen LogP contribution is -1.97. The van der Waals surface area contributed by atoms with Gasteiger partial charge in [-0.2, -0.15) is 0 Å². The first-order chi connectivity index (χ1) is 11.2. The number of hydrogen-bond acceptors (Lipinski definition) is 4. The predicted octanol–water partition coefficient (Wildman–Crippen LogP) is 4.19. The van der Waals surface area contributed by atoms with Gasteiger partial charge in [-0.1, -0.05) is 54.2 Å². The van der Waals surface area contributed by atoms with Gasteiger partial charge in [0.15, 0.2) is 5.16 Å². The first-order valence-electron chi connectivity index (χ1n) is 7.51. The SMILES string of the molecule is Cc1cc(C)n2c(SCc3cccc4ccccc34)nnc2n1. The summed E-state index contributed by atoms with van der Waals surface area (Å²) in [6.07, 6.45) is 0. The third-order valence-electron chi connectivity index (χ3n) is 3.90. The van der Waals surface area contributed by atoms with Gasteiger partial charge in [0.25, 0.3) is 5.78 Å². The van der Waals surface area contributed by atoms with Crippen LogP contribution in [-0.2, 0) is 5.75 Å². The molecule has 2 aromatic heterocycles. The topological polar surface area (TPSA) is 43.1 Å². The van der Waals surface area contributed by atoms with Crippen LogP contribution in [0.2, 0.25) is 0 Å². The van der Waals surface area contributed by atoms with Crippen molar-refractivity contribution in [1.29, 1.82) is 0 Å². The number of fused-ring (bicyclic) bond motifs is 2. The van der Waals surface area contributed by atoms with E-state index in [1.54, 1.807) is 11.8 Å². The molecule has 0 amide bonds. The van der Waals surface area contributed by atoms with Crippen LogP contribution in [0.15, 0.2) is 53.7 Å². The number of aryl methyl sites for hydroxylation is 2. The molecule has 5 heteroatoms. The monoisotopic (exact) mass is 320 g/mol. The zero-order valence-corrected chi connectivity index (χ0v) is 13.8. The van der Waals surface area contributed by atoms with Crippen molar-refractivity contribution in [2.45, 2.75) is 24.8 Å². The van der Waals surface area contributed by atoms with Crippen LogP contribution in [0, 0.1) is 13.8 Å². The van der Waals surface area contributed by atoms with Gasteiger partial charge >= 0.3 is 0 Å². The smallest absolute Gasteiger partial charge is 0.256 e. The number of benzene rings is 2. The van der Waals surface area contributed by atoms with Crippen LogP contribution in [0.25, 0.3) is 16.6 Å². The minimum Gasteiger partial charge on any atom is -0.259 e. The Morgan fingerprint density at radius 2 is 1.83 bits per heavy atom. The molecule has 23 heavy (non-hydrogen) atoms. The Balaban J connectivity index is 1.69. The number of nitrogens with zero attached hydrogens (tertiary/aromatic N) is 4. The van der Waals surface area contributed by atoms with Gasteiger partial charge in [-0.3, -0.25) is 4.40 Å². The lowest BCUT2D eigenvalue weighted by atomic mass is 10.1. The summed E-state index contributed by atoms with van der Waals surface area (Å²) in [6.45, 7) is 4.04. The second-order valence-electron chi connectivity index (χ2n) is 5.58. The highest BCUT2D eigenvalue weighted by atomic mass is 32.2. The maximum atomic E-state index is 4.44. The molecule has 0 N–H and O–H groups in total. The van der Waals surface area contributed by atoms with Crippen molar-refractivity contribution < 1.29 is 0 Å². The van der Waals surface area contributed by atoms with Crippen molar-refractivity contribution in [2.75, 3.05) is 0 Å². The zero-order chi connectivity index (χ0) is 15.8. The highest BCUT2D eigenvalue weighted by molar-refractivity contribution is 7.98. The van der Waals surface area contributed by atoms with Gasteiger partial charge in [0.05, 0.1) is 0 Å². The minimum absolute atomic E-state index is 0.669. The molecule has 0 atom stereocenters. The van der Waals surface area contributed by atoms with Crippen molar-refractivity contribution in [3.05, 3.63) is 65.5 Å². The van der Waals surface area contributed by atoms with Crippen LogP contribution in [-0.4, -0.2) is 19.6 Å². The Morgan fingerprint density at radius 3 is 2.74 bits per heavy atom. The summed E-state index contributed by atoms with van der Waals surface area (Å²) in [4.78, 5) is 4.44. The van der Waals surface area contributed by atoms with Crippen LogP contribution < -0.4 is 0 Å². The molecule has 0 aliphatic heterocycles. The molecule has 4 nitrogen and oxygen atoms in total. The highest BCUT2D eigenvalue weighted by Gasteiger charge is 2.11. The summed E-state index contributed by atoms with van der Waals surface area (Å²) >= 11 is 1.69. The predicted molar refractivity (Wildman–Crippen MR) is 93.8 cm³/mol. The fourth-order valence-electron chi connectivity index (χ4n) is 2.85. The molecular weight excluding hydrogens is 304 g/mol. The van der Waals surface area contributed by atoms with Gasteiger partial charge in [-0.25, -0.2) is 4.98 Å². The molecule has 0 fully saturated rings. The van der Waals surface area contributed by atoms with Crippen molar-refractivity contribution in [2.24, 2.45) is 0 Å². The first kappa shape index (κ1) is 14.2. The molecule has 0 bridgehead atoms. The van der Waals surface area contributed by atoms with Crippen LogP contribution >= 0.6 is 11.8 Å². The maximum absolute atomic E-state index is 4.44. The third kappa shape index (κ3) is 2.57. The van der Waals surface area contributed by atoms with Gasteiger partial charge in [0, 0.05) is 17.1 Å². The Bertz CT molecular complexity index is 1000. The molecular formula is C18H16N4S. The lowest BCUT2D eigenvalue weighted by molar-refractivity contribution is 0.886. The average Bonchev–Trinajstić information content (AvgIpc) is 2.96. The maximum Gasteiger partial charge on any atom is 0.256 e. The van der Waals surface area contributed by atoms with E-state index >= 15 is 0 Å². The van der Waals surface area contributed by atoms with E-state index in [0.717, 1.165) is 22.3 Å². The van der Waals surface area contributed by atoms with Gasteiger partial charge in [-0.15, -0.1) is 10.2 Å². The van der Waals surface area contributed by atoms with Gasteiger partial charge in [0.1, 0.15) is 0 Å². The Kier molecular flexibility index (Phi) is 3.50. The largest absolute Gasteiger partial charge is 0.259 e. The van der Waals surface area contributed by atoms with E-state index in [1.165, 1.54) is 16.3 Å². The summed E-state index contributed by atoms with van der Waals surface area (Å²) in [5.41, 5.74) is 3.38. The van der Waals surface area contributed by atoms with Crippen LogP contribution in [0.4, 0.5) is 0 Å². The highest BCUT2D eigenvalue weighted by Crippen LogP contribution is 2.27. The summed E-state index contributed by atoms with van der Waals surface area (Å²) < 4.78 is 2.02. The third-order valence-corrected chi connectivity index (χ3v) is 4.88. The molecule has 0 unspecified atom stereocenters. The number of thioether (sulfide) groups is 1. The molecule has 4 rings (SSSR count). The fourth-order valence-corrected chi connectivity index (χ4v) is 3.84. The van der Waals surface area contributed by atoms with Crippen molar-refractivity contribution in [3.63, 3.8) is 0 Å². The second kappa shape index (κ2) is 5.66. The molecule has 0 aliphatic carbocycles. The van der Waals surface area contributed by atoms with Gasteiger partial charge in [0.2, 0.25) is 0 Å². The first-order valence-corrected chi connectivity index (χ1v) is 8.50. The molecule has 0 saturated carbocycles. The molecule has 0 radical (unpaired) electrons. The van der Waals surface area contributed by atoms with Crippen LogP contribution in [0.1, 0.15) is 17.0 Å². The lowest BCUT2D eigenvalue weighted by Gasteiger charge is -2.07. The summed E-state index contributed by atoms with van der Waals surface area (Å²) in [7, 11) is 0. The van der Waals surface area contributed by atoms with Crippen molar-refractivity contribution in [3.8, 4) is 0 Å². The van der Waals surface area contributed by atoms with E-state index in [4.69, 9.17) is 0 Å². The van der Waals surface area contributed by atoms with Crippen LogP contribution in [0.5, 0.6) is 0 Å². The van der Waals surface area contributed by atoms with E-state index in [2.05, 4.69) is 70.6 Å². The molecule has 0 saturated heterocycles. The molecule has 114 valence electrons. The Labute approximate surface area is 138 Å². The van der Waals surface area contributed by atoms with E-state index in [0.29, 0.717) is 5.78 Å². The second-order valence-corrected chi connectivity index (χ2v) is 6.53. The molecule has 2 aromatic carbocycles. The van der Waals surface area contributed by atoms with Gasteiger partial charge in [-0.05, 0) is 36.2 Å². The van der Waals surface area contributed by atoms with E-state index in [9.17, 15) is 0 Å². The molecule has 2 heterocycles. The molecule has 0 spiro atoms.